The number of carbonyl (C=O) groups excluding carboxylic acids is 1. The topological polar surface area (TPSA) is 37.3 Å². The molecule has 0 aromatic rings. The van der Waals surface area contributed by atoms with Gasteiger partial charge in [-0.25, -0.2) is 0 Å². The maximum absolute atomic E-state index is 11.8. The number of hydrogen-bond acceptors (Lipinski definition) is 2. The molecule has 2 nitrogen and oxygen atoms in total. The normalized spacial score (nSPS) is 43.0. The Balaban J connectivity index is 1.56. The smallest absolute Gasteiger partial charge is 0.155 e. The van der Waals surface area contributed by atoms with Gasteiger partial charge in [-0.3, -0.25) is 4.79 Å². The maximum Gasteiger partial charge on any atom is 0.155 e. The van der Waals surface area contributed by atoms with Crippen LogP contribution in [0.3, 0.4) is 0 Å². The van der Waals surface area contributed by atoms with Crippen LogP contribution in [0.5, 0.6) is 0 Å². The molecule has 4 aliphatic carbocycles. The van der Waals surface area contributed by atoms with E-state index in [1.807, 2.05) is 12.2 Å². The molecule has 3 fully saturated rings. The van der Waals surface area contributed by atoms with E-state index in [1.165, 1.54) is 56.9 Å². The first kappa shape index (κ1) is 15.6. The van der Waals surface area contributed by atoms with Crippen LogP contribution in [0.15, 0.2) is 23.8 Å². The molecule has 0 aromatic carbocycles. The molecule has 0 heterocycles. The minimum Gasteiger partial charge on any atom is -0.392 e. The summed E-state index contributed by atoms with van der Waals surface area (Å²) in [6.45, 7) is 0.178. The Morgan fingerprint density at radius 1 is 1.09 bits per heavy atom. The molecule has 1 N–H and O–H groups in total. The van der Waals surface area contributed by atoms with Gasteiger partial charge in [0.05, 0.1) is 6.61 Å². The average Bonchev–Trinajstić information content (AvgIpc) is 2.98. The second-order valence-electron chi connectivity index (χ2n) is 8.45. The van der Waals surface area contributed by atoms with Crippen molar-refractivity contribution < 1.29 is 9.90 Å². The monoisotopic (exact) mass is 314 g/mol. The molecule has 0 amide bonds. The van der Waals surface area contributed by atoms with E-state index < -0.39 is 0 Å². The van der Waals surface area contributed by atoms with E-state index >= 15 is 0 Å². The van der Waals surface area contributed by atoms with Crippen LogP contribution >= 0.6 is 0 Å². The summed E-state index contributed by atoms with van der Waals surface area (Å²) in [5.74, 6) is 3.72. The molecule has 0 spiro atoms. The Kier molecular flexibility index (Phi) is 4.21. The fourth-order valence-electron chi connectivity index (χ4n) is 6.72. The van der Waals surface area contributed by atoms with E-state index in [4.69, 9.17) is 5.11 Å². The van der Waals surface area contributed by atoms with Gasteiger partial charge in [-0.2, -0.15) is 0 Å². The number of aliphatic hydroxyl groups excluding tert-OH is 1. The van der Waals surface area contributed by atoms with Crippen LogP contribution in [0.1, 0.15) is 64.2 Å². The molecule has 0 bridgehead atoms. The second kappa shape index (κ2) is 6.20. The van der Waals surface area contributed by atoms with E-state index in [9.17, 15) is 4.79 Å². The standard InChI is InChI=1S/C21H30O2/c22-13-2-1-10-21-11-3-4-20(21)19-7-5-15-14-16(23)6-8-17(15)18(19)9-12-21/h1-2,14,17-20,22H,3-13H2/t17-,18+,19+,20-,21-/m0/s1. The van der Waals surface area contributed by atoms with Crippen LogP contribution in [0.25, 0.3) is 0 Å². The molecule has 0 unspecified atom stereocenters. The number of aliphatic hydroxyl groups is 1. The van der Waals surface area contributed by atoms with E-state index in [2.05, 4.69) is 6.08 Å². The largest absolute Gasteiger partial charge is 0.392 e. The number of allylic oxidation sites excluding steroid dienone is 2. The highest BCUT2D eigenvalue weighted by Gasteiger charge is 2.53. The first-order chi connectivity index (χ1) is 11.2. The zero-order valence-corrected chi connectivity index (χ0v) is 14.2. The van der Waals surface area contributed by atoms with Gasteiger partial charge in [0, 0.05) is 6.42 Å². The molecule has 2 heteroatoms. The molecular weight excluding hydrogens is 284 g/mol. The lowest BCUT2D eigenvalue weighted by molar-refractivity contribution is -0.116. The van der Waals surface area contributed by atoms with Gasteiger partial charge in [-0.15, -0.1) is 0 Å². The van der Waals surface area contributed by atoms with Gasteiger partial charge < -0.3 is 5.11 Å². The summed E-state index contributed by atoms with van der Waals surface area (Å²) < 4.78 is 0. The molecule has 4 aliphatic rings. The molecule has 5 atom stereocenters. The SMILES string of the molecule is O=C1C=C2CC[C@@H]3[C@H](CC[C@]4(CC=CCO)CCC[C@@H]34)[C@H]2CC1. The fourth-order valence-corrected chi connectivity index (χ4v) is 6.72. The van der Waals surface area contributed by atoms with Crippen LogP contribution in [0.2, 0.25) is 0 Å². The number of hydrogen-bond donors (Lipinski definition) is 1. The van der Waals surface area contributed by atoms with Crippen molar-refractivity contribution in [2.45, 2.75) is 64.2 Å². The molecule has 0 saturated heterocycles. The van der Waals surface area contributed by atoms with Crippen LogP contribution in [0, 0.1) is 29.1 Å². The Morgan fingerprint density at radius 3 is 2.87 bits per heavy atom. The fraction of sp³-hybridized carbons (Fsp3) is 0.762. The molecule has 3 saturated carbocycles. The van der Waals surface area contributed by atoms with Gasteiger partial charge in [0.1, 0.15) is 0 Å². The predicted molar refractivity (Wildman–Crippen MR) is 91.9 cm³/mol. The molecule has 0 aliphatic heterocycles. The number of fused-ring (bicyclic) bond motifs is 5. The molecule has 0 aromatic heterocycles. The lowest BCUT2D eigenvalue weighted by Crippen LogP contribution is -2.45. The van der Waals surface area contributed by atoms with Crippen molar-refractivity contribution in [2.24, 2.45) is 29.1 Å². The Morgan fingerprint density at radius 2 is 2.00 bits per heavy atom. The molecule has 0 radical (unpaired) electrons. The summed E-state index contributed by atoms with van der Waals surface area (Å²) in [6.07, 6.45) is 18.7. The minimum atomic E-state index is 0.178. The lowest BCUT2D eigenvalue weighted by Gasteiger charge is -2.53. The quantitative estimate of drug-likeness (QED) is 0.782. The van der Waals surface area contributed by atoms with Crippen molar-refractivity contribution in [2.75, 3.05) is 6.61 Å². The Hall–Kier alpha value is -0.890. The molecule has 23 heavy (non-hydrogen) atoms. The van der Waals surface area contributed by atoms with Gasteiger partial charge in [0.2, 0.25) is 0 Å². The van der Waals surface area contributed by atoms with E-state index in [-0.39, 0.29) is 6.61 Å². The van der Waals surface area contributed by atoms with E-state index in [1.54, 1.807) is 0 Å². The third-order valence-corrected chi connectivity index (χ3v) is 7.62. The molecule has 126 valence electrons. The van der Waals surface area contributed by atoms with Crippen molar-refractivity contribution in [1.82, 2.24) is 0 Å². The van der Waals surface area contributed by atoms with Crippen LogP contribution in [-0.4, -0.2) is 17.5 Å². The van der Waals surface area contributed by atoms with Crippen molar-refractivity contribution in [3.8, 4) is 0 Å². The van der Waals surface area contributed by atoms with Crippen LogP contribution < -0.4 is 0 Å². The van der Waals surface area contributed by atoms with Gasteiger partial charge >= 0.3 is 0 Å². The zero-order chi connectivity index (χ0) is 15.9. The highest BCUT2D eigenvalue weighted by molar-refractivity contribution is 5.91. The van der Waals surface area contributed by atoms with Gasteiger partial charge in [0.25, 0.3) is 0 Å². The minimum absolute atomic E-state index is 0.178. The van der Waals surface area contributed by atoms with Crippen molar-refractivity contribution in [3.05, 3.63) is 23.8 Å². The van der Waals surface area contributed by atoms with E-state index in [0.717, 1.165) is 36.5 Å². The van der Waals surface area contributed by atoms with Crippen molar-refractivity contribution in [3.63, 3.8) is 0 Å². The highest BCUT2D eigenvalue weighted by atomic mass is 16.2. The third-order valence-electron chi connectivity index (χ3n) is 7.62. The number of rotatable bonds is 3. The summed E-state index contributed by atoms with van der Waals surface area (Å²) in [6, 6.07) is 0. The van der Waals surface area contributed by atoms with Crippen LogP contribution in [-0.2, 0) is 4.79 Å². The van der Waals surface area contributed by atoms with Crippen molar-refractivity contribution >= 4 is 5.78 Å². The number of ketones is 1. The van der Waals surface area contributed by atoms with Crippen molar-refractivity contribution in [1.29, 1.82) is 0 Å². The Labute approximate surface area is 140 Å². The molecule has 4 rings (SSSR count). The molecular formula is C21H30O2. The number of carbonyl (C=O) groups is 1. The van der Waals surface area contributed by atoms with E-state index in [0.29, 0.717) is 11.2 Å². The zero-order valence-electron chi connectivity index (χ0n) is 14.2. The predicted octanol–water partition coefficient (Wildman–Crippen LogP) is 4.44. The first-order valence-electron chi connectivity index (χ1n) is 9.73. The summed E-state index contributed by atoms with van der Waals surface area (Å²) >= 11 is 0. The second-order valence-corrected chi connectivity index (χ2v) is 8.45. The highest BCUT2D eigenvalue weighted by Crippen LogP contribution is 2.63. The maximum atomic E-state index is 11.8. The summed E-state index contributed by atoms with van der Waals surface area (Å²) in [7, 11) is 0. The summed E-state index contributed by atoms with van der Waals surface area (Å²) in [5.41, 5.74) is 2.02. The van der Waals surface area contributed by atoms with Crippen LogP contribution in [0.4, 0.5) is 0 Å². The summed E-state index contributed by atoms with van der Waals surface area (Å²) in [4.78, 5) is 11.8. The van der Waals surface area contributed by atoms with Gasteiger partial charge in [0.15, 0.2) is 5.78 Å². The third kappa shape index (κ3) is 2.63. The average molecular weight is 314 g/mol. The Bertz CT molecular complexity index is 532. The lowest BCUT2D eigenvalue weighted by atomic mass is 9.51. The summed E-state index contributed by atoms with van der Waals surface area (Å²) in [5, 5.41) is 9.05. The van der Waals surface area contributed by atoms with Gasteiger partial charge in [-0.05, 0) is 86.5 Å². The van der Waals surface area contributed by atoms with Gasteiger partial charge in [-0.1, -0.05) is 24.1 Å². The first-order valence-corrected chi connectivity index (χ1v) is 9.73.